The van der Waals surface area contributed by atoms with E-state index in [1.807, 2.05) is 18.2 Å². The second-order valence-corrected chi connectivity index (χ2v) is 6.22. The van der Waals surface area contributed by atoms with Crippen LogP contribution in [0.2, 0.25) is 0 Å². The number of benzene rings is 1. The Labute approximate surface area is 134 Å². The predicted octanol–water partition coefficient (Wildman–Crippen LogP) is 4.13. The number of rotatable bonds is 7. The molecule has 0 aliphatic heterocycles. The summed E-state index contributed by atoms with van der Waals surface area (Å²) >= 11 is 3.53. The highest BCUT2D eigenvalue weighted by Gasteiger charge is 2.11. The van der Waals surface area contributed by atoms with Gasteiger partial charge >= 0.3 is 0 Å². The van der Waals surface area contributed by atoms with Crippen molar-refractivity contribution in [1.29, 1.82) is 0 Å². The lowest BCUT2D eigenvalue weighted by Crippen LogP contribution is -2.27. The highest BCUT2D eigenvalue weighted by molar-refractivity contribution is 9.10. The molecule has 21 heavy (non-hydrogen) atoms. The van der Waals surface area contributed by atoms with Gasteiger partial charge in [-0.25, -0.2) is 0 Å². The van der Waals surface area contributed by atoms with Gasteiger partial charge in [-0.2, -0.15) is 4.98 Å². The van der Waals surface area contributed by atoms with Gasteiger partial charge in [-0.15, -0.1) is 0 Å². The van der Waals surface area contributed by atoms with E-state index in [0.717, 1.165) is 35.8 Å². The number of nitrogens with one attached hydrogen (secondary N) is 1. The Morgan fingerprint density at radius 2 is 2.19 bits per heavy atom. The zero-order chi connectivity index (χ0) is 15.2. The first-order chi connectivity index (χ1) is 10.1. The molecule has 0 bridgehead atoms. The Kier molecular flexibility index (Phi) is 5.94. The van der Waals surface area contributed by atoms with Crippen molar-refractivity contribution in [2.75, 3.05) is 6.54 Å². The molecule has 1 unspecified atom stereocenters. The fourth-order valence-electron chi connectivity index (χ4n) is 2.04. The van der Waals surface area contributed by atoms with Crippen molar-refractivity contribution in [3.8, 4) is 11.4 Å². The third-order valence-corrected chi connectivity index (χ3v) is 4.29. The molecule has 2 rings (SSSR count). The van der Waals surface area contributed by atoms with Gasteiger partial charge in [0.15, 0.2) is 0 Å². The van der Waals surface area contributed by atoms with Gasteiger partial charge in [0.1, 0.15) is 0 Å². The highest BCUT2D eigenvalue weighted by atomic mass is 79.9. The van der Waals surface area contributed by atoms with Crippen LogP contribution in [-0.4, -0.2) is 22.7 Å². The molecule has 2 aromatic rings. The zero-order valence-electron chi connectivity index (χ0n) is 12.8. The summed E-state index contributed by atoms with van der Waals surface area (Å²) in [6.45, 7) is 7.46. The van der Waals surface area contributed by atoms with E-state index < -0.39 is 0 Å². The van der Waals surface area contributed by atoms with Crippen LogP contribution >= 0.6 is 15.9 Å². The van der Waals surface area contributed by atoms with Crippen molar-refractivity contribution in [3.63, 3.8) is 0 Å². The first kappa shape index (κ1) is 16.2. The van der Waals surface area contributed by atoms with Crippen LogP contribution in [0.3, 0.4) is 0 Å². The molecule has 1 atom stereocenters. The SMILES string of the molecule is CCCNC(C)CCc1nc(-c2ccc(C)c(Br)c2)no1. The van der Waals surface area contributed by atoms with Crippen LogP contribution in [-0.2, 0) is 6.42 Å². The molecule has 1 heterocycles. The molecule has 0 saturated heterocycles. The normalized spacial score (nSPS) is 12.6. The molecule has 0 aliphatic rings. The summed E-state index contributed by atoms with van der Waals surface area (Å²) in [5, 5.41) is 7.53. The van der Waals surface area contributed by atoms with Gasteiger partial charge < -0.3 is 9.84 Å². The minimum Gasteiger partial charge on any atom is -0.339 e. The molecular weight excluding hydrogens is 330 g/mol. The number of aryl methyl sites for hydroxylation is 2. The fourth-order valence-corrected chi connectivity index (χ4v) is 2.42. The van der Waals surface area contributed by atoms with Gasteiger partial charge in [-0.05, 0) is 44.9 Å². The fraction of sp³-hybridized carbons (Fsp3) is 0.500. The Hall–Kier alpha value is -1.20. The average molecular weight is 352 g/mol. The second kappa shape index (κ2) is 7.71. The number of aromatic nitrogens is 2. The van der Waals surface area contributed by atoms with Crippen molar-refractivity contribution >= 4 is 15.9 Å². The van der Waals surface area contributed by atoms with Crippen molar-refractivity contribution in [1.82, 2.24) is 15.5 Å². The lowest BCUT2D eigenvalue weighted by molar-refractivity contribution is 0.367. The van der Waals surface area contributed by atoms with Crippen LogP contribution in [0, 0.1) is 6.92 Å². The lowest BCUT2D eigenvalue weighted by Gasteiger charge is -2.10. The second-order valence-electron chi connectivity index (χ2n) is 5.37. The Morgan fingerprint density at radius 1 is 1.38 bits per heavy atom. The van der Waals surface area contributed by atoms with Crippen molar-refractivity contribution < 1.29 is 4.52 Å². The lowest BCUT2D eigenvalue weighted by atomic mass is 10.1. The highest BCUT2D eigenvalue weighted by Crippen LogP contribution is 2.23. The maximum absolute atomic E-state index is 5.34. The van der Waals surface area contributed by atoms with Gasteiger partial charge in [0.2, 0.25) is 11.7 Å². The van der Waals surface area contributed by atoms with E-state index in [-0.39, 0.29) is 0 Å². The van der Waals surface area contributed by atoms with Crippen LogP contribution in [0.5, 0.6) is 0 Å². The van der Waals surface area contributed by atoms with Crippen LogP contribution in [0.4, 0.5) is 0 Å². The zero-order valence-corrected chi connectivity index (χ0v) is 14.4. The maximum Gasteiger partial charge on any atom is 0.227 e. The van der Waals surface area contributed by atoms with Gasteiger partial charge in [0.25, 0.3) is 0 Å². The molecule has 0 fully saturated rings. The summed E-state index contributed by atoms with van der Waals surface area (Å²) in [5.74, 6) is 1.35. The molecule has 0 spiro atoms. The Morgan fingerprint density at radius 3 is 2.90 bits per heavy atom. The molecule has 1 N–H and O–H groups in total. The van der Waals surface area contributed by atoms with Gasteiger partial charge in [-0.1, -0.05) is 40.1 Å². The number of hydrogen-bond acceptors (Lipinski definition) is 4. The third kappa shape index (κ3) is 4.64. The first-order valence-corrected chi connectivity index (χ1v) is 8.22. The van der Waals surface area contributed by atoms with E-state index in [1.165, 1.54) is 5.56 Å². The summed E-state index contributed by atoms with van der Waals surface area (Å²) < 4.78 is 6.40. The van der Waals surface area contributed by atoms with E-state index in [0.29, 0.717) is 17.8 Å². The molecule has 0 radical (unpaired) electrons. The average Bonchev–Trinajstić information content (AvgIpc) is 2.94. The van der Waals surface area contributed by atoms with Crippen molar-refractivity contribution in [3.05, 3.63) is 34.1 Å². The van der Waals surface area contributed by atoms with E-state index in [1.54, 1.807) is 0 Å². The van der Waals surface area contributed by atoms with Crippen LogP contribution < -0.4 is 5.32 Å². The van der Waals surface area contributed by atoms with E-state index in [2.05, 4.69) is 52.2 Å². The predicted molar refractivity (Wildman–Crippen MR) is 88.2 cm³/mol. The van der Waals surface area contributed by atoms with Crippen LogP contribution in [0.15, 0.2) is 27.2 Å². The van der Waals surface area contributed by atoms with Gasteiger partial charge in [0.05, 0.1) is 0 Å². The van der Waals surface area contributed by atoms with Crippen LogP contribution in [0.25, 0.3) is 11.4 Å². The molecule has 0 aliphatic carbocycles. The molecular formula is C16H22BrN3O. The largest absolute Gasteiger partial charge is 0.339 e. The quantitative estimate of drug-likeness (QED) is 0.814. The summed E-state index contributed by atoms with van der Waals surface area (Å²) in [4.78, 5) is 4.48. The smallest absolute Gasteiger partial charge is 0.227 e. The number of nitrogens with zero attached hydrogens (tertiary/aromatic N) is 2. The van der Waals surface area contributed by atoms with E-state index in [4.69, 9.17) is 4.52 Å². The summed E-state index contributed by atoms with van der Waals surface area (Å²) in [5.41, 5.74) is 2.16. The van der Waals surface area contributed by atoms with Crippen LogP contribution in [0.1, 0.15) is 38.1 Å². The van der Waals surface area contributed by atoms with E-state index >= 15 is 0 Å². The number of hydrogen-bond donors (Lipinski definition) is 1. The standard InChI is InChI=1S/C16H22BrN3O/c1-4-9-18-12(3)6-8-15-19-16(20-21-15)13-7-5-11(2)14(17)10-13/h5,7,10,12,18H,4,6,8-9H2,1-3H3. The summed E-state index contributed by atoms with van der Waals surface area (Å²) in [7, 11) is 0. The first-order valence-electron chi connectivity index (χ1n) is 7.42. The van der Waals surface area contributed by atoms with Gasteiger partial charge in [0, 0.05) is 22.5 Å². The molecule has 114 valence electrons. The summed E-state index contributed by atoms with van der Waals surface area (Å²) in [6.07, 6.45) is 2.95. The third-order valence-electron chi connectivity index (χ3n) is 3.43. The molecule has 1 aromatic carbocycles. The maximum atomic E-state index is 5.34. The van der Waals surface area contributed by atoms with Crippen molar-refractivity contribution in [2.24, 2.45) is 0 Å². The molecule has 0 amide bonds. The number of halogens is 1. The van der Waals surface area contributed by atoms with Gasteiger partial charge in [-0.3, -0.25) is 0 Å². The van der Waals surface area contributed by atoms with E-state index in [9.17, 15) is 0 Å². The monoisotopic (exact) mass is 351 g/mol. The molecule has 4 nitrogen and oxygen atoms in total. The molecule has 1 aromatic heterocycles. The van der Waals surface area contributed by atoms with Crippen molar-refractivity contribution in [2.45, 2.75) is 46.1 Å². The molecule has 5 heteroatoms. The topological polar surface area (TPSA) is 51.0 Å². The Balaban J connectivity index is 1.96. The minimum atomic E-state index is 0.466. The minimum absolute atomic E-state index is 0.466. The summed E-state index contributed by atoms with van der Waals surface area (Å²) in [6, 6.07) is 6.55. The Bertz CT molecular complexity index is 583. The molecule has 0 saturated carbocycles.